The van der Waals surface area contributed by atoms with Crippen molar-refractivity contribution in [1.29, 1.82) is 0 Å². The average Bonchev–Trinajstić information content (AvgIpc) is 3.31. The third kappa shape index (κ3) is 4.37. The van der Waals surface area contributed by atoms with E-state index in [4.69, 9.17) is 9.29 Å². The molecule has 0 amide bonds. The van der Waals surface area contributed by atoms with E-state index in [1.807, 2.05) is 27.7 Å². The summed E-state index contributed by atoms with van der Waals surface area (Å²) < 4.78 is 63.2. The van der Waals surface area contributed by atoms with Gasteiger partial charge in [-0.05, 0) is 69.1 Å². The summed E-state index contributed by atoms with van der Waals surface area (Å²) in [5.41, 5.74) is -2.14. The van der Waals surface area contributed by atoms with Crippen LogP contribution >= 0.6 is 0 Å². The summed E-state index contributed by atoms with van der Waals surface area (Å²) in [5.74, 6) is -2.85. The Hall–Kier alpha value is -0.840. The van der Waals surface area contributed by atoms with E-state index in [0.29, 0.717) is 38.5 Å². The van der Waals surface area contributed by atoms with Crippen molar-refractivity contribution in [3.05, 3.63) is 0 Å². The monoisotopic (exact) mass is 470 g/mol. The second-order valence-corrected chi connectivity index (χ2v) is 10.8. The first-order valence-electron chi connectivity index (χ1n) is 11.1. The Kier molecular flexibility index (Phi) is 7.53. The molecule has 0 spiro atoms. The lowest BCUT2D eigenvalue weighted by Gasteiger charge is -2.50. The topological polar surface area (TPSA) is 121 Å². The van der Waals surface area contributed by atoms with Crippen LogP contribution in [0.3, 0.4) is 0 Å². The Morgan fingerprint density at radius 3 is 1.87 bits per heavy atom. The normalized spacial score (nSPS) is 30.5. The Bertz CT molecular complexity index is 762. The molecule has 0 aliphatic heterocycles. The number of fused-ring (bicyclic) bond motifs is 2. The van der Waals surface area contributed by atoms with Crippen molar-refractivity contribution < 1.29 is 41.5 Å². The van der Waals surface area contributed by atoms with E-state index in [2.05, 4.69) is 0 Å². The number of rotatable bonds is 10. The SMILES string of the molecule is CCC(O)(CC)C1C2CC(C(=O)OC(C)C(F)(F)S(=O)(=O)O)C(C2)C1C(O)(CC)CC. The van der Waals surface area contributed by atoms with Crippen molar-refractivity contribution >= 4 is 16.1 Å². The zero-order valence-corrected chi connectivity index (χ0v) is 19.7. The minimum absolute atomic E-state index is 0.0838. The summed E-state index contributed by atoms with van der Waals surface area (Å²) in [6, 6.07) is 0. The first-order chi connectivity index (χ1) is 14.1. The van der Waals surface area contributed by atoms with Crippen LogP contribution in [-0.2, 0) is 19.6 Å². The van der Waals surface area contributed by atoms with Crippen molar-refractivity contribution in [2.45, 2.75) is 95.7 Å². The third-order valence-corrected chi connectivity index (χ3v) is 9.13. The lowest BCUT2D eigenvalue weighted by atomic mass is 9.59. The first kappa shape index (κ1) is 26.4. The Morgan fingerprint density at radius 2 is 1.45 bits per heavy atom. The summed E-state index contributed by atoms with van der Waals surface area (Å²) in [6.07, 6.45) is 0.327. The summed E-state index contributed by atoms with van der Waals surface area (Å²) in [6.45, 7) is 8.17. The molecule has 0 aromatic rings. The van der Waals surface area contributed by atoms with Crippen LogP contribution in [0.2, 0.25) is 0 Å². The fourth-order valence-electron chi connectivity index (χ4n) is 6.12. The average molecular weight is 471 g/mol. The summed E-state index contributed by atoms with van der Waals surface area (Å²) in [5, 5.41) is 18.1. The van der Waals surface area contributed by atoms with Crippen molar-refractivity contribution in [2.24, 2.45) is 29.6 Å². The van der Waals surface area contributed by atoms with Gasteiger partial charge in [-0.15, -0.1) is 0 Å². The van der Waals surface area contributed by atoms with E-state index in [0.717, 1.165) is 6.92 Å². The highest BCUT2D eigenvalue weighted by atomic mass is 32.2. The van der Waals surface area contributed by atoms with Crippen LogP contribution in [0.15, 0.2) is 0 Å². The first-order valence-corrected chi connectivity index (χ1v) is 12.6. The maximum Gasteiger partial charge on any atom is 0.405 e. The van der Waals surface area contributed by atoms with E-state index in [-0.39, 0.29) is 17.8 Å². The number of hydrogen-bond acceptors (Lipinski definition) is 6. The predicted molar refractivity (Wildman–Crippen MR) is 110 cm³/mol. The van der Waals surface area contributed by atoms with Gasteiger partial charge < -0.3 is 14.9 Å². The van der Waals surface area contributed by atoms with Crippen LogP contribution in [0.1, 0.15) is 73.1 Å². The number of esters is 1. The highest BCUT2D eigenvalue weighted by Gasteiger charge is 2.64. The molecule has 10 heteroatoms. The summed E-state index contributed by atoms with van der Waals surface area (Å²) in [7, 11) is -5.74. The third-order valence-electron chi connectivity index (χ3n) is 8.11. The summed E-state index contributed by atoms with van der Waals surface area (Å²) in [4.78, 5) is 12.8. The van der Waals surface area contributed by atoms with E-state index < -0.39 is 50.5 Å². The Morgan fingerprint density at radius 1 is 1.00 bits per heavy atom. The molecule has 2 bridgehead atoms. The van der Waals surface area contributed by atoms with Gasteiger partial charge in [-0.2, -0.15) is 17.2 Å². The molecule has 0 heterocycles. The van der Waals surface area contributed by atoms with Crippen LogP contribution in [-0.4, -0.2) is 51.7 Å². The second kappa shape index (κ2) is 8.83. The number of ether oxygens (including phenoxy) is 1. The van der Waals surface area contributed by atoms with Crippen molar-refractivity contribution in [3.63, 3.8) is 0 Å². The maximum atomic E-state index is 13.9. The van der Waals surface area contributed by atoms with Crippen LogP contribution in [0.25, 0.3) is 0 Å². The largest absolute Gasteiger partial charge is 0.455 e. The minimum Gasteiger partial charge on any atom is -0.455 e. The highest BCUT2D eigenvalue weighted by Crippen LogP contribution is 2.63. The van der Waals surface area contributed by atoms with Crippen LogP contribution in [0.4, 0.5) is 8.78 Å². The van der Waals surface area contributed by atoms with Gasteiger partial charge in [0.15, 0.2) is 6.10 Å². The molecule has 0 radical (unpaired) electrons. The van der Waals surface area contributed by atoms with Crippen LogP contribution < -0.4 is 0 Å². The maximum absolute atomic E-state index is 13.9. The molecule has 0 aromatic carbocycles. The Labute approximate surface area is 183 Å². The van der Waals surface area contributed by atoms with Gasteiger partial charge in [-0.1, -0.05) is 27.7 Å². The number of halogens is 2. The van der Waals surface area contributed by atoms with Crippen LogP contribution in [0.5, 0.6) is 0 Å². The molecule has 2 saturated carbocycles. The minimum atomic E-state index is -5.74. The van der Waals surface area contributed by atoms with Gasteiger partial charge in [0, 0.05) is 0 Å². The zero-order chi connectivity index (χ0) is 24.0. The smallest absolute Gasteiger partial charge is 0.405 e. The van der Waals surface area contributed by atoms with Gasteiger partial charge >= 0.3 is 21.3 Å². The lowest BCUT2D eigenvalue weighted by molar-refractivity contribution is -0.177. The van der Waals surface area contributed by atoms with Crippen LogP contribution in [0, 0.1) is 29.6 Å². The molecule has 0 aromatic heterocycles. The second-order valence-electron chi connectivity index (χ2n) is 9.29. The fourth-order valence-corrected chi connectivity index (χ4v) is 6.59. The van der Waals surface area contributed by atoms with Gasteiger partial charge in [0.1, 0.15) is 0 Å². The quantitative estimate of drug-likeness (QED) is 0.330. The molecule has 2 rings (SSSR count). The zero-order valence-electron chi connectivity index (χ0n) is 18.8. The molecule has 2 aliphatic carbocycles. The van der Waals surface area contributed by atoms with Crippen molar-refractivity contribution in [1.82, 2.24) is 0 Å². The molecule has 182 valence electrons. The van der Waals surface area contributed by atoms with Crippen molar-refractivity contribution in [3.8, 4) is 0 Å². The van der Waals surface area contributed by atoms with E-state index in [9.17, 15) is 32.2 Å². The standard InChI is InChI=1S/C21H36F2O7S/c1-6-19(25,7-2)16-13-10-14(17(16)20(26,8-3)9-4)15(11-13)18(24)30-12(5)21(22,23)31(27,28)29/h12-17,25-26H,6-11H2,1-5H3,(H,27,28,29). The lowest BCUT2D eigenvalue weighted by Crippen LogP contribution is -2.55. The van der Waals surface area contributed by atoms with Gasteiger partial charge in [-0.3, -0.25) is 9.35 Å². The van der Waals surface area contributed by atoms with E-state index >= 15 is 0 Å². The molecular formula is C21H36F2O7S. The van der Waals surface area contributed by atoms with E-state index in [1.54, 1.807) is 0 Å². The molecule has 31 heavy (non-hydrogen) atoms. The summed E-state index contributed by atoms with van der Waals surface area (Å²) >= 11 is 0. The molecule has 2 aliphatic rings. The van der Waals surface area contributed by atoms with E-state index in [1.165, 1.54) is 0 Å². The molecular weight excluding hydrogens is 434 g/mol. The number of aliphatic hydroxyl groups is 2. The van der Waals surface area contributed by atoms with Gasteiger partial charge in [0.2, 0.25) is 0 Å². The number of alkyl halides is 2. The fraction of sp³-hybridized carbons (Fsp3) is 0.952. The molecule has 2 fully saturated rings. The van der Waals surface area contributed by atoms with Crippen molar-refractivity contribution in [2.75, 3.05) is 0 Å². The molecule has 6 unspecified atom stereocenters. The number of carbonyl (C=O) groups excluding carboxylic acids is 1. The molecule has 3 N–H and O–H groups in total. The predicted octanol–water partition coefficient (Wildman–Crippen LogP) is 3.39. The molecule has 7 nitrogen and oxygen atoms in total. The Balaban J connectivity index is 2.34. The van der Waals surface area contributed by atoms with Gasteiger partial charge in [0.05, 0.1) is 17.1 Å². The number of hydrogen-bond donors (Lipinski definition) is 3. The molecule has 6 atom stereocenters. The van der Waals surface area contributed by atoms with Gasteiger partial charge in [-0.25, -0.2) is 0 Å². The van der Waals surface area contributed by atoms with Gasteiger partial charge in [0.25, 0.3) is 0 Å². The highest BCUT2D eigenvalue weighted by molar-refractivity contribution is 7.86. The number of carbonyl (C=O) groups is 1. The molecule has 0 saturated heterocycles.